The molecule has 11 heteroatoms. The molecule has 1 aliphatic carbocycles. The number of aliphatic hydroxyl groups is 1. The number of rotatable bonds is 9. The molecule has 1 aromatic carbocycles. The summed E-state index contributed by atoms with van der Waals surface area (Å²) in [5.41, 5.74) is 2.46. The molecule has 2 aromatic heterocycles. The monoisotopic (exact) mass is 557 g/mol. The van der Waals surface area contributed by atoms with Crippen LogP contribution in [0.4, 0.5) is 18.9 Å². The number of nitrogens with zero attached hydrogens (tertiary/aromatic N) is 2. The average molecular weight is 558 g/mol. The molecule has 1 amide bonds. The van der Waals surface area contributed by atoms with E-state index in [9.17, 15) is 23.1 Å². The van der Waals surface area contributed by atoms with Crippen LogP contribution in [-0.4, -0.2) is 60.6 Å². The van der Waals surface area contributed by atoms with Gasteiger partial charge in [0, 0.05) is 42.6 Å². The fourth-order valence-electron chi connectivity index (χ4n) is 5.18. The lowest BCUT2D eigenvalue weighted by Gasteiger charge is -2.23. The van der Waals surface area contributed by atoms with Gasteiger partial charge in [-0.25, -0.2) is 4.98 Å². The minimum Gasteiger partial charge on any atom is -0.475 e. The van der Waals surface area contributed by atoms with Crippen LogP contribution in [0.5, 0.6) is 5.88 Å². The van der Waals surface area contributed by atoms with Gasteiger partial charge in [-0.3, -0.25) is 9.78 Å². The van der Waals surface area contributed by atoms with Crippen LogP contribution in [0.25, 0.3) is 11.1 Å². The summed E-state index contributed by atoms with van der Waals surface area (Å²) in [6, 6.07) is 11.1. The van der Waals surface area contributed by atoms with Crippen molar-refractivity contribution in [1.82, 2.24) is 9.97 Å². The van der Waals surface area contributed by atoms with E-state index in [4.69, 9.17) is 19.2 Å². The Kier molecular flexibility index (Phi) is 7.80. The van der Waals surface area contributed by atoms with Gasteiger partial charge in [-0.15, -0.1) is 0 Å². The molecule has 40 heavy (non-hydrogen) atoms. The highest BCUT2D eigenvalue weighted by Gasteiger charge is 2.58. The summed E-state index contributed by atoms with van der Waals surface area (Å²) < 4.78 is 55.7. The third-order valence-corrected chi connectivity index (χ3v) is 7.46. The van der Waals surface area contributed by atoms with E-state index in [0.717, 1.165) is 47.5 Å². The first-order chi connectivity index (χ1) is 19.1. The van der Waals surface area contributed by atoms with Crippen LogP contribution in [0, 0.1) is 12.8 Å². The largest absolute Gasteiger partial charge is 0.475 e. The van der Waals surface area contributed by atoms with Gasteiger partial charge in [0.1, 0.15) is 18.4 Å². The van der Waals surface area contributed by atoms with Gasteiger partial charge in [0.25, 0.3) is 5.91 Å². The fourth-order valence-corrected chi connectivity index (χ4v) is 5.18. The lowest BCUT2D eigenvalue weighted by molar-refractivity contribution is -0.141. The van der Waals surface area contributed by atoms with Gasteiger partial charge in [-0.05, 0) is 72.7 Å². The lowest BCUT2D eigenvalue weighted by Crippen LogP contribution is -2.24. The van der Waals surface area contributed by atoms with Crippen molar-refractivity contribution in [3.63, 3.8) is 0 Å². The second kappa shape index (κ2) is 11.1. The number of nitrogens with one attached hydrogen (secondary N) is 1. The number of aromatic nitrogens is 2. The van der Waals surface area contributed by atoms with E-state index in [1.54, 1.807) is 18.2 Å². The first-order valence-corrected chi connectivity index (χ1v) is 12.9. The molecule has 1 aliphatic heterocycles. The zero-order chi connectivity index (χ0) is 28.5. The molecule has 8 nitrogen and oxygen atoms in total. The lowest BCUT2D eigenvalue weighted by atomic mass is 9.90. The predicted octanol–water partition coefficient (Wildman–Crippen LogP) is 4.79. The van der Waals surface area contributed by atoms with Crippen LogP contribution >= 0.6 is 0 Å². The highest BCUT2D eigenvalue weighted by molar-refractivity contribution is 6.04. The van der Waals surface area contributed by atoms with E-state index in [1.807, 2.05) is 19.1 Å². The molecule has 5 rings (SSSR count). The molecule has 3 unspecified atom stereocenters. The van der Waals surface area contributed by atoms with Gasteiger partial charge in [0.2, 0.25) is 5.88 Å². The topological polar surface area (TPSA) is 103 Å². The maximum atomic E-state index is 13.1. The molecule has 3 heterocycles. The molecule has 2 fully saturated rings. The molecule has 0 spiro atoms. The Morgan fingerprint density at radius 2 is 2.05 bits per heavy atom. The summed E-state index contributed by atoms with van der Waals surface area (Å²) in [5, 5.41) is 12.8. The number of methoxy groups -OCH3 is 1. The Morgan fingerprint density at radius 3 is 2.80 bits per heavy atom. The molecule has 212 valence electrons. The van der Waals surface area contributed by atoms with Gasteiger partial charge in [-0.1, -0.05) is 6.07 Å². The standard InChI is InChI=1S/C29H30F3N3O5/c1-17-3-4-21(34-27(37)18-5-7-33-25(9-18)29(30,31)32)12-23(17)19-10-24(28-6-8-39-14-20(28)13-28)35-26(11-19)40-16-22(36)15-38-2/h3-5,7,9-12,20,22,36H,6,8,13-16H2,1-2H3,(H,34,37). The zero-order valence-corrected chi connectivity index (χ0v) is 22.1. The third kappa shape index (κ3) is 5.96. The molecule has 0 radical (unpaired) electrons. The highest BCUT2D eigenvalue weighted by atomic mass is 19.4. The Hall–Kier alpha value is -3.54. The van der Waals surface area contributed by atoms with Crippen molar-refractivity contribution in [3.05, 3.63) is 71.2 Å². The van der Waals surface area contributed by atoms with Crippen molar-refractivity contribution in [1.29, 1.82) is 0 Å². The number of carbonyl (C=O) groups excluding carboxylic acids is 1. The predicted molar refractivity (Wildman–Crippen MR) is 140 cm³/mol. The molecule has 0 bridgehead atoms. The van der Waals surface area contributed by atoms with E-state index < -0.39 is 23.9 Å². The molecule has 1 saturated heterocycles. The first-order valence-electron chi connectivity index (χ1n) is 12.9. The fraction of sp³-hybridized carbons (Fsp3) is 0.414. The van der Waals surface area contributed by atoms with Crippen molar-refractivity contribution in [2.75, 3.05) is 38.9 Å². The van der Waals surface area contributed by atoms with Gasteiger partial charge in [-0.2, -0.15) is 13.2 Å². The number of alkyl halides is 3. The van der Waals surface area contributed by atoms with E-state index in [1.165, 1.54) is 13.2 Å². The minimum atomic E-state index is -4.66. The Labute approximate surface area is 229 Å². The van der Waals surface area contributed by atoms with E-state index in [2.05, 4.69) is 10.3 Å². The second-order valence-corrected chi connectivity index (χ2v) is 10.3. The number of aliphatic hydroxyl groups excluding tert-OH is 1. The SMILES string of the molecule is COCC(O)COc1cc(-c2cc(NC(=O)c3ccnc(C(F)(F)F)c3)ccc2C)cc(C23CCOCC2C3)n1. The van der Waals surface area contributed by atoms with E-state index in [0.29, 0.717) is 30.7 Å². The van der Waals surface area contributed by atoms with Gasteiger partial charge in [0.05, 0.1) is 18.9 Å². The number of halogens is 3. The Morgan fingerprint density at radius 1 is 1.23 bits per heavy atom. The Bertz CT molecular complexity index is 1400. The number of aryl methyl sites for hydroxylation is 1. The summed E-state index contributed by atoms with van der Waals surface area (Å²) in [6.07, 6.45) is -2.70. The summed E-state index contributed by atoms with van der Waals surface area (Å²) in [7, 11) is 1.50. The van der Waals surface area contributed by atoms with Crippen LogP contribution in [0.2, 0.25) is 0 Å². The number of pyridine rings is 2. The smallest absolute Gasteiger partial charge is 0.433 e. The number of fused-ring (bicyclic) bond motifs is 1. The molecular weight excluding hydrogens is 527 g/mol. The Balaban J connectivity index is 1.45. The average Bonchev–Trinajstić information content (AvgIpc) is 3.69. The normalized spacial score (nSPS) is 20.9. The highest BCUT2D eigenvalue weighted by Crippen LogP contribution is 2.58. The van der Waals surface area contributed by atoms with Crippen molar-refractivity contribution in [3.8, 4) is 17.0 Å². The maximum Gasteiger partial charge on any atom is 0.433 e. The van der Waals surface area contributed by atoms with Crippen LogP contribution in [-0.2, 0) is 21.1 Å². The molecule has 3 atom stereocenters. The van der Waals surface area contributed by atoms with Crippen LogP contribution < -0.4 is 10.1 Å². The molecule has 2 aliphatic rings. The van der Waals surface area contributed by atoms with Crippen LogP contribution in [0.1, 0.15) is 40.2 Å². The molecule has 2 N–H and O–H groups in total. The summed E-state index contributed by atoms with van der Waals surface area (Å²) in [4.78, 5) is 20.9. The molecule has 1 saturated carbocycles. The minimum absolute atomic E-state index is 0.00417. The van der Waals surface area contributed by atoms with E-state index in [-0.39, 0.29) is 24.2 Å². The zero-order valence-electron chi connectivity index (χ0n) is 22.1. The number of anilines is 1. The van der Waals surface area contributed by atoms with Crippen LogP contribution in [0.15, 0.2) is 48.7 Å². The number of ether oxygens (including phenoxy) is 3. The summed E-state index contributed by atoms with van der Waals surface area (Å²) >= 11 is 0. The summed E-state index contributed by atoms with van der Waals surface area (Å²) in [6.45, 7) is 3.38. The number of amides is 1. The maximum absolute atomic E-state index is 13.1. The number of carbonyl (C=O) groups is 1. The van der Waals surface area contributed by atoms with Crippen molar-refractivity contribution in [2.45, 2.75) is 37.5 Å². The van der Waals surface area contributed by atoms with Crippen molar-refractivity contribution < 1.29 is 37.3 Å². The number of benzene rings is 1. The number of hydrogen-bond donors (Lipinski definition) is 2. The summed E-state index contributed by atoms with van der Waals surface area (Å²) in [5.74, 6) is 0.0558. The quantitative estimate of drug-likeness (QED) is 0.390. The third-order valence-electron chi connectivity index (χ3n) is 7.46. The van der Waals surface area contributed by atoms with Gasteiger partial charge in [0.15, 0.2) is 0 Å². The van der Waals surface area contributed by atoms with Crippen molar-refractivity contribution in [2.24, 2.45) is 5.92 Å². The van der Waals surface area contributed by atoms with Gasteiger partial charge >= 0.3 is 6.18 Å². The van der Waals surface area contributed by atoms with Crippen molar-refractivity contribution >= 4 is 11.6 Å². The van der Waals surface area contributed by atoms with E-state index >= 15 is 0 Å². The van der Waals surface area contributed by atoms with Gasteiger partial charge < -0.3 is 24.6 Å². The number of hydrogen-bond acceptors (Lipinski definition) is 7. The molecular formula is C29H30F3N3O5. The molecule has 3 aromatic rings. The van der Waals surface area contributed by atoms with Crippen LogP contribution in [0.3, 0.4) is 0 Å². The second-order valence-electron chi connectivity index (χ2n) is 10.3. The first kappa shape index (κ1) is 28.0.